The molecule has 1 fully saturated rings. The third-order valence-electron chi connectivity index (χ3n) is 5.65. The lowest BCUT2D eigenvalue weighted by atomic mass is 9.88. The Hall–Kier alpha value is -2.35. The van der Waals surface area contributed by atoms with Crippen LogP contribution in [0.5, 0.6) is 5.75 Å². The quantitative estimate of drug-likeness (QED) is 0.668. The molecule has 2 N–H and O–H groups in total. The van der Waals surface area contributed by atoms with E-state index in [1.54, 1.807) is 44.7 Å². The Balaban J connectivity index is 1.73. The molecule has 7 nitrogen and oxygen atoms in total. The second kappa shape index (κ2) is 10.3. The monoisotopic (exact) mass is 446 g/mol. The Morgan fingerprint density at radius 2 is 1.97 bits per heavy atom. The molecular weight excluding hydrogens is 416 g/mol. The van der Waals surface area contributed by atoms with Crippen molar-refractivity contribution in [1.82, 2.24) is 15.2 Å². The summed E-state index contributed by atoms with van der Waals surface area (Å²) in [5, 5.41) is 6.65. The highest BCUT2D eigenvalue weighted by molar-refractivity contribution is 6.30. The number of halogens is 1. The molecule has 0 spiro atoms. The van der Waals surface area contributed by atoms with Gasteiger partial charge in [0, 0.05) is 55.1 Å². The highest BCUT2D eigenvalue weighted by Crippen LogP contribution is 2.28. The van der Waals surface area contributed by atoms with Gasteiger partial charge in [-0.25, -0.2) is 4.79 Å². The van der Waals surface area contributed by atoms with Gasteiger partial charge in [-0.2, -0.15) is 0 Å². The first-order chi connectivity index (χ1) is 14.8. The molecular formula is C23H31ClN4O3. The van der Waals surface area contributed by atoms with Crippen LogP contribution in [0.3, 0.4) is 0 Å². The molecule has 1 saturated heterocycles. The maximum atomic E-state index is 12.7. The molecule has 2 amide bonds. The first kappa shape index (κ1) is 23.3. The number of pyridine rings is 1. The third-order valence-corrected chi connectivity index (χ3v) is 5.90. The number of rotatable bonds is 7. The van der Waals surface area contributed by atoms with E-state index in [1.807, 2.05) is 12.1 Å². The summed E-state index contributed by atoms with van der Waals surface area (Å²) in [5.41, 5.74) is 1.38. The van der Waals surface area contributed by atoms with Gasteiger partial charge >= 0.3 is 6.03 Å². The number of carbonyl (C=O) groups is 1. The summed E-state index contributed by atoms with van der Waals surface area (Å²) >= 11 is 5.92. The number of anilines is 1. The van der Waals surface area contributed by atoms with Crippen LogP contribution in [-0.2, 0) is 4.74 Å². The molecule has 3 rings (SSSR count). The van der Waals surface area contributed by atoms with Gasteiger partial charge in [0.15, 0.2) is 0 Å². The second-order valence-corrected chi connectivity index (χ2v) is 8.87. The normalized spacial score (nSPS) is 19.6. The van der Waals surface area contributed by atoms with Crippen molar-refractivity contribution in [1.29, 1.82) is 0 Å². The van der Waals surface area contributed by atoms with E-state index in [0.29, 0.717) is 16.5 Å². The van der Waals surface area contributed by atoms with E-state index >= 15 is 0 Å². The van der Waals surface area contributed by atoms with E-state index in [-0.39, 0.29) is 23.6 Å². The van der Waals surface area contributed by atoms with Gasteiger partial charge in [0.25, 0.3) is 0 Å². The SMILES string of the molecule is COc1ccc([C@@H]2CN(CC(C)(C)OC)CC[C@H]2NC(=O)Nc2ccc(Cl)cc2)nc1. The lowest BCUT2D eigenvalue weighted by Gasteiger charge is -2.41. The van der Waals surface area contributed by atoms with Gasteiger partial charge in [0.05, 0.1) is 18.9 Å². The number of benzene rings is 1. The van der Waals surface area contributed by atoms with E-state index in [4.69, 9.17) is 21.1 Å². The highest BCUT2D eigenvalue weighted by Gasteiger charge is 2.34. The minimum absolute atomic E-state index is 0.0447. The molecule has 1 aromatic carbocycles. The van der Waals surface area contributed by atoms with Crippen LogP contribution < -0.4 is 15.4 Å². The molecule has 31 heavy (non-hydrogen) atoms. The molecule has 0 aliphatic carbocycles. The van der Waals surface area contributed by atoms with Crippen LogP contribution in [0.15, 0.2) is 42.6 Å². The molecule has 1 aliphatic rings. The maximum absolute atomic E-state index is 12.7. The predicted octanol–water partition coefficient (Wildman–Crippen LogP) is 4.15. The molecule has 2 atom stereocenters. The van der Waals surface area contributed by atoms with Crippen LogP contribution in [0.1, 0.15) is 31.9 Å². The fraction of sp³-hybridized carbons (Fsp3) is 0.478. The average molecular weight is 447 g/mol. The molecule has 1 aliphatic heterocycles. The number of likely N-dealkylation sites (tertiary alicyclic amines) is 1. The van der Waals surface area contributed by atoms with Crippen molar-refractivity contribution in [2.24, 2.45) is 0 Å². The van der Waals surface area contributed by atoms with Gasteiger partial charge < -0.3 is 20.1 Å². The Labute approximate surface area is 189 Å². The molecule has 0 radical (unpaired) electrons. The van der Waals surface area contributed by atoms with Crippen LogP contribution in [0.25, 0.3) is 0 Å². The number of ether oxygens (including phenoxy) is 2. The van der Waals surface area contributed by atoms with Crippen LogP contribution in [-0.4, -0.2) is 61.4 Å². The van der Waals surface area contributed by atoms with Crippen LogP contribution in [0.4, 0.5) is 10.5 Å². The van der Waals surface area contributed by atoms with Crippen molar-refractivity contribution in [2.45, 2.75) is 37.8 Å². The average Bonchev–Trinajstić information content (AvgIpc) is 2.76. The first-order valence-corrected chi connectivity index (χ1v) is 10.8. The van der Waals surface area contributed by atoms with Crippen molar-refractivity contribution >= 4 is 23.3 Å². The number of carbonyl (C=O) groups excluding carboxylic acids is 1. The molecule has 1 aromatic heterocycles. The maximum Gasteiger partial charge on any atom is 0.319 e. The number of nitrogens with zero attached hydrogens (tertiary/aromatic N) is 2. The smallest absolute Gasteiger partial charge is 0.319 e. The zero-order chi connectivity index (χ0) is 22.4. The fourth-order valence-electron chi connectivity index (χ4n) is 3.84. The summed E-state index contributed by atoms with van der Waals surface area (Å²) in [6, 6.07) is 10.6. The van der Waals surface area contributed by atoms with E-state index in [1.165, 1.54) is 0 Å². The van der Waals surface area contributed by atoms with Crippen molar-refractivity contribution in [2.75, 3.05) is 39.2 Å². The van der Waals surface area contributed by atoms with Crippen molar-refractivity contribution < 1.29 is 14.3 Å². The third kappa shape index (κ3) is 6.56. The number of amides is 2. The van der Waals surface area contributed by atoms with Crippen molar-refractivity contribution in [3.63, 3.8) is 0 Å². The minimum atomic E-state index is -0.246. The Morgan fingerprint density at radius 1 is 1.23 bits per heavy atom. The fourth-order valence-corrected chi connectivity index (χ4v) is 3.97. The summed E-state index contributed by atoms with van der Waals surface area (Å²) < 4.78 is 10.9. The number of nitrogens with one attached hydrogen (secondary N) is 2. The zero-order valence-corrected chi connectivity index (χ0v) is 19.3. The van der Waals surface area contributed by atoms with E-state index in [0.717, 1.165) is 31.7 Å². The molecule has 8 heteroatoms. The van der Waals surface area contributed by atoms with Gasteiger partial charge in [-0.15, -0.1) is 0 Å². The highest BCUT2D eigenvalue weighted by atomic mass is 35.5. The second-order valence-electron chi connectivity index (χ2n) is 8.43. The van der Waals surface area contributed by atoms with E-state index in [2.05, 4.69) is 34.4 Å². The molecule has 0 bridgehead atoms. The van der Waals surface area contributed by atoms with Gasteiger partial charge in [0.1, 0.15) is 5.75 Å². The van der Waals surface area contributed by atoms with Gasteiger partial charge in [-0.05, 0) is 56.7 Å². The molecule has 0 unspecified atom stereocenters. The van der Waals surface area contributed by atoms with Crippen molar-refractivity contribution in [3.8, 4) is 5.75 Å². The topological polar surface area (TPSA) is 75.7 Å². The summed E-state index contributed by atoms with van der Waals surface area (Å²) in [6.07, 6.45) is 2.53. The van der Waals surface area contributed by atoms with E-state index < -0.39 is 0 Å². The lowest BCUT2D eigenvalue weighted by Crippen LogP contribution is -2.53. The number of hydrogen-bond donors (Lipinski definition) is 2. The number of piperidine rings is 1. The number of hydrogen-bond acceptors (Lipinski definition) is 5. The molecule has 168 valence electrons. The van der Waals surface area contributed by atoms with Crippen LogP contribution in [0, 0.1) is 0 Å². The zero-order valence-electron chi connectivity index (χ0n) is 18.5. The first-order valence-electron chi connectivity index (χ1n) is 10.4. The summed E-state index contributed by atoms with van der Waals surface area (Å²) in [7, 11) is 3.36. The van der Waals surface area contributed by atoms with Gasteiger partial charge in [-0.3, -0.25) is 9.88 Å². The number of urea groups is 1. The number of aromatic nitrogens is 1. The molecule has 0 saturated carbocycles. The Kier molecular flexibility index (Phi) is 7.75. The summed E-state index contributed by atoms with van der Waals surface area (Å²) in [4.78, 5) is 19.6. The van der Waals surface area contributed by atoms with Gasteiger partial charge in [0.2, 0.25) is 0 Å². The molecule has 2 aromatic rings. The number of methoxy groups -OCH3 is 2. The largest absolute Gasteiger partial charge is 0.495 e. The van der Waals surface area contributed by atoms with Crippen LogP contribution in [0.2, 0.25) is 5.02 Å². The van der Waals surface area contributed by atoms with Gasteiger partial charge in [-0.1, -0.05) is 11.6 Å². The van der Waals surface area contributed by atoms with Crippen LogP contribution >= 0.6 is 11.6 Å². The van der Waals surface area contributed by atoms with Crippen molar-refractivity contribution in [3.05, 3.63) is 53.3 Å². The Morgan fingerprint density at radius 3 is 2.58 bits per heavy atom. The predicted molar refractivity (Wildman–Crippen MR) is 123 cm³/mol. The molecule has 2 heterocycles. The van der Waals surface area contributed by atoms with E-state index in [9.17, 15) is 4.79 Å². The summed E-state index contributed by atoms with van der Waals surface area (Å²) in [5.74, 6) is 0.755. The minimum Gasteiger partial charge on any atom is -0.495 e. The lowest BCUT2D eigenvalue weighted by molar-refractivity contribution is -0.0152. The Bertz CT molecular complexity index is 858. The standard InChI is InChI=1S/C23H31ClN4O3/c1-23(2,31-4)15-28-12-11-21(19(14-28)20-10-9-18(30-3)13-25-20)27-22(29)26-17-7-5-16(24)6-8-17/h5-10,13,19,21H,11-12,14-15H2,1-4H3,(H2,26,27,29)/t19-,21+/m0/s1. The summed E-state index contributed by atoms with van der Waals surface area (Å²) in [6.45, 7) is 6.61.